The summed E-state index contributed by atoms with van der Waals surface area (Å²) >= 11 is 3.64. The van der Waals surface area contributed by atoms with Gasteiger partial charge in [0.2, 0.25) is 0 Å². The molecule has 2 nitrogen and oxygen atoms in total. The van der Waals surface area contributed by atoms with Crippen LogP contribution >= 0.6 is 15.9 Å². The first-order valence-electron chi connectivity index (χ1n) is 7.45. The minimum atomic E-state index is 0.180. The molecule has 1 saturated carbocycles. The Morgan fingerprint density at radius 1 is 1.40 bits per heavy atom. The smallest absolute Gasteiger partial charge is 0.0665 e. The molecule has 0 amide bonds. The third kappa shape index (κ3) is 3.37. The van der Waals surface area contributed by atoms with E-state index in [2.05, 4.69) is 74.1 Å². The van der Waals surface area contributed by atoms with Crippen LogP contribution in [0.25, 0.3) is 0 Å². The molecular formula is C17H26BrNO. The van der Waals surface area contributed by atoms with E-state index < -0.39 is 0 Å². The lowest BCUT2D eigenvalue weighted by Crippen LogP contribution is -2.58. The lowest BCUT2D eigenvalue weighted by atomic mass is 9.64. The molecule has 20 heavy (non-hydrogen) atoms. The molecule has 2 atom stereocenters. The number of nitrogens with one attached hydrogen (secondary N) is 1. The number of anilines is 1. The van der Waals surface area contributed by atoms with Crippen molar-refractivity contribution >= 4 is 21.6 Å². The lowest BCUT2D eigenvalue weighted by molar-refractivity contribution is -0.108. The minimum absolute atomic E-state index is 0.180. The summed E-state index contributed by atoms with van der Waals surface area (Å²) in [7, 11) is 0. The van der Waals surface area contributed by atoms with E-state index in [-0.39, 0.29) is 5.41 Å². The molecule has 2 rings (SSSR count). The zero-order valence-electron chi connectivity index (χ0n) is 13.2. The molecule has 2 unspecified atom stereocenters. The van der Waals surface area contributed by atoms with Crippen LogP contribution in [-0.4, -0.2) is 18.8 Å². The van der Waals surface area contributed by atoms with Gasteiger partial charge in [0, 0.05) is 28.2 Å². The van der Waals surface area contributed by atoms with Gasteiger partial charge < -0.3 is 10.1 Å². The highest BCUT2D eigenvalue weighted by atomic mass is 79.9. The van der Waals surface area contributed by atoms with Crippen molar-refractivity contribution in [1.29, 1.82) is 0 Å². The van der Waals surface area contributed by atoms with Crippen molar-refractivity contribution in [2.24, 2.45) is 11.3 Å². The fourth-order valence-corrected chi connectivity index (χ4v) is 3.25. The van der Waals surface area contributed by atoms with Gasteiger partial charge in [-0.1, -0.05) is 33.8 Å². The fourth-order valence-electron chi connectivity index (χ4n) is 2.65. The highest BCUT2D eigenvalue weighted by Crippen LogP contribution is 2.45. The molecule has 1 N–H and O–H groups in total. The Bertz CT molecular complexity index is 470. The fraction of sp³-hybridized carbons (Fsp3) is 0.647. The summed E-state index contributed by atoms with van der Waals surface area (Å²) in [5.41, 5.74) is 2.63. The quantitative estimate of drug-likeness (QED) is 0.814. The predicted octanol–water partition coefficient (Wildman–Crippen LogP) is 5.01. The van der Waals surface area contributed by atoms with Crippen molar-refractivity contribution in [3.63, 3.8) is 0 Å². The summed E-state index contributed by atoms with van der Waals surface area (Å²) in [5, 5.41) is 3.65. The molecule has 1 aromatic carbocycles. The van der Waals surface area contributed by atoms with Crippen molar-refractivity contribution in [1.82, 2.24) is 0 Å². The van der Waals surface area contributed by atoms with E-state index >= 15 is 0 Å². The number of hydrogen-bond acceptors (Lipinski definition) is 2. The monoisotopic (exact) mass is 339 g/mol. The van der Waals surface area contributed by atoms with Crippen LogP contribution in [0.3, 0.4) is 0 Å². The molecule has 0 spiro atoms. The van der Waals surface area contributed by atoms with E-state index in [0.29, 0.717) is 18.1 Å². The molecule has 0 aliphatic heterocycles. The number of benzene rings is 1. The third-order valence-electron chi connectivity index (χ3n) is 4.26. The van der Waals surface area contributed by atoms with Gasteiger partial charge in [-0.3, -0.25) is 0 Å². The summed E-state index contributed by atoms with van der Waals surface area (Å²) in [6, 6.07) is 6.92. The molecule has 1 aromatic rings. The second kappa shape index (κ2) is 6.07. The van der Waals surface area contributed by atoms with E-state index in [0.717, 1.165) is 17.5 Å². The van der Waals surface area contributed by atoms with Crippen LogP contribution in [0.5, 0.6) is 0 Å². The Morgan fingerprint density at radius 3 is 2.65 bits per heavy atom. The van der Waals surface area contributed by atoms with Gasteiger partial charge in [-0.2, -0.15) is 0 Å². The number of ether oxygens (including phenoxy) is 1. The predicted molar refractivity (Wildman–Crippen MR) is 89.3 cm³/mol. The summed E-state index contributed by atoms with van der Waals surface area (Å²) in [5.74, 6) is 0.601. The Hall–Kier alpha value is -0.540. The standard InChI is InChI=1S/C17H26BrNO/c1-11(2)10-20-16-9-15(17(16,4)5)19-14-7-6-12(3)8-13(14)18/h6-8,11,15-16,19H,9-10H2,1-5H3. The van der Waals surface area contributed by atoms with E-state index in [4.69, 9.17) is 4.74 Å². The molecule has 0 aromatic heterocycles. The zero-order chi connectivity index (χ0) is 14.9. The van der Waals surface area contributed by atoms with Gasteiger partial charge in [-0.05, 0) is 52.9 Å². The van der Waals surface area contributed by atoms with Gasteiger partial charge in [-0.15, -0.1) is 0 Å². The SMILES string of the molecule is Cc1ccc(NC2CC(OCC(C)C)C2(C)C)c(Br)c1. The molecule has 0 saturated heterocycles. The maximum absolute atomic E-state index is 6.02. The number of aryl methyl sites for hydroxylation is 1. The van der Waals surface area contributed by atoms with Gasteiger partial charge >= 0.3 is 0 Å². The molecule has 112 valence electrons. The maximum Gasteiger partial charge on any atom is 0.0665 e. The number of halogens is 1. The number of hydrogen-bond donors (Lipinski definition) is 1. The van der Waals surface area contributed by atoms with Crippen LogP contribution in [-0.2, 0) is 4.74 Å². The highest BCUT2D eigenvalue weighted by molar-refractivity contribution is 9.10. The zero-order valence-corrected chi connectivity index (χ0v) is 14.8. The molecule has 3 heteroatoms. The molecular weight excluding hydrogens is 314 g/mol. The van der Waals surface area contributed by atoms with E-state index in [1.165, 1.54) is 11.3 Å². The van der Waals surface area contributed by atoms with Crippen LogP contribution in [0.2, 0.25) is 0 Å². The van der Waals surface area contributed by atoms with Crippen molar-refractivity contribution in [3.8, 4) is 0 Å². The Labute approximate surface area is 131 Å². The molecule has 1 aliphatic rings. The van der Waals surface area contributed by atoms with Crippen molar-refractivity contribution in [2.45, 2.75) is 53.2 Å². The molecule has 0 bridgehead atoms. The second-order valence-corrected chi connectivity index (χ2v) is 7.81. The third-order valence-corrected chi connectivity index (χ3v) is 4.92. The van der Waals surface area contributed by atoms with Crippen LogP contribution in [0.15, 0.2) is 22.7 Å². The molecule has 0 heterocycles. The van der Waals surface area contributed by atoms with E-state index in [1.54, 1.807) is 0 Å². The van der Waals surface area contributed by atoms with Crippen LogP contribution in [0.4, 0.5) is 5.69 Å². The van der Waals surface area contributed by atoms with Crippen molar-refractivity contribution in [2.75, 3.05) is 11.9 Å². The lowest BCUT2D eigenvalue weighted by Gasteiger charge is -2.52. The summed E-state index contributed by atoms with van der Waals surface area (Å²) in [6.45, 7) is 11.9. The first-order chi connectivity index (χ1) is 9.30. The van der Waals surface area contributed by atoms with E-state index in [1.807, 2.05) is 0 Å². The van der Waals surface area contributed by atoms with Gasteiger partial charge in [-0.25, -0.2) is 0 Å². The Morgan fingerprint density at radius 2 is 2.10 bits per heavy atom. The van der Waals surface area contributed by atoms with Crippen LogP contribution < -0.4 is 5.32 Å². The van der Waals surface area contributed by atoms with Gasteiger partial charge in [0.05, 0.1) is 6.10 Å². The van der Waals surface area contributed by atoms with E-state index in [9.17, 15) is 0 Å². The highest BCUT2D eigenvalue weighted by Gasteiger charge is 2.49. The Kier molecular flexibility index (Phi) is 4.80. The first-order valence-corrected chi connectivity index (χ1v) is 8.24. The average molecular weight is 340 g/mol. The Balaban J connectivity index is 1.95. The average Bonchev–Trinajstić information content (AvgIpc) is 2.34. The normalized spacial score (nSPS) is 24.6. The molecule has 1 fully saturated rings. The minimum Gasteiger partial charge on any atom is -0.381 e. The van der Waals surface area contributed by atoms with Crippen molar-refractivity contribution in [3.05, 3.63) is 28.2 Å². The summed E-state index contributed by atoms with van der Waals surface area (Å²) in [6.07, 6.45) is 1.45. The van der Waals surface area contributed by atoms with Gasteiger partial charge in [0.25, 0.3) is 0 Å². The van der Waals surface area contributed by atoms with Crippen LogP contribution in [0, 0.1) is 18.3 Å². The maximum atomic E-state index is 6.02. The number of rotatable bonds is 5. The molecule has 1 aliphatic carbocycles. The molecule has 0 radical (unpaired) electrons. The van der Waals surface area contributed by atoms with Gasteiger partial charge in [0.15, 0.2) is 0 Å². The first kappa shape index (κ1) is 15.8. The second-order valence-electron chi connectivity index (χ2n) is 6.95. The van der Waals surface area contributed by atoms with Crippen LogP contribution in [0.1, 0.15) is 39.7 Å². The largest absolute Gasteiger partial charge is 0.381 e. The topological polar surface area (TPSA) is 21.3 Å². The van der Waals surface area contributed by atoms with Crippen molar-refractivity contribution < 1.29 is 4.74 Å². The van der Waals surface area contributed by atoms with Gasteiger partial charge in [0.1, 0.15) is 0 Å². The summed E-state index contributed by atoms with van der Waals surface area (Å²) < 4.78 is 7.16. The summed E-state index contributed by atoms with van der Waals surface area (Å²) in [4.78, 5) is 0.